The predicted octanol–water partition coefficient (Wildman–Crippen LogP) is 2.08. The third kappa shape index (κ3) is 4.98. The van der Waals surface area contributed by atoms with Crippen LogP contribution in [0.5, 0.6) is 0 Å². The van der Waals surface area contributed by atoms with E-state index in [0.717, 1.165) is 32.6 Å². The molecule has 21 heavy (non-hydrogen) atoms. The summed E-state index contributed by atoms with van der Waals surface area (Å²) in [7, 11) is -0.321. The zero-order valence-electron chi connectivity index (χ0n) is 13.5. The first-order chi connectivity index (χ1) is 9.93. The van der Waals surface area contributed by atoms with Gasteiger partial charge in [-0.3, -0.25) is 0 Å². The first kappa shape index (κ1) is 17.9. The third-order valence-corrected chi connectivity index (χ3v) is 5.25. The van der Waals surface area contributed by atoms with Gasteiger partial charge in [0.15, 0.2) is 0 Å². The molecule has 1 N–H and O–H groups in total. The van der Waals surface area contributed by atoms with Crippen molar-refractivity contribution in [1.29, 1.82) is 0 Å². The van der Waals surface area contributed by atoms with Crippen molar-refractivity contribution in [2.75, 3.05) is 45.6 Å². The maximum atomic E-state index is 12.3. The Balaban J connectivity index is 2.77. The minimum Gasteiger partial charge on any atom is -0.383 e. The summed E-state index contributed by atoms with van der Waals surface area (Å²) in [4.78, 5) is 2.67. The normalized spacial score (nSPS) is 12.1. The summed E-state index contributed by atoms with van der Waals surface area (Å²) in [5.74, 6) is 0. The fraction of sp³-hybridized carbons (Fsp3) is 0.600. The molecule has 0 aliphatic rings. The van der Waals surface area contributed by atoms with Gasteiger partial charge in [0.1, 0.15) is 4.90 Å². The van der Waals surface area contributed by atoms with Gasteiger partial charge in [-0.2, -0.15) is 0 Å². The van der Waals surface area contributed by atoms with Gasteiger partial charge in [0.2, 0.25) is 10.0 Å². The van der Waals surface area contributed by atoms with Crippen molar-refractivity contribution in [3.63, 3.8) is 0 Å². The van der Waals surface area contributed by atoms with Gasteiger partial charge < -0.3 is 10.2 Å². The minimum absolute atomic E-state index is 0.327. The second-order valence-electron chi connectivity index (χ2n) is 5.14. The number of para-hydroxylation sites is 1. The van der Waals surface area contributed by atoms with E-state index in [-0.39, 0.29) is 0 Å². The van der Waals surface area contributed by atoms with Gasteiger partial charge in [-0.1, -0.05) is 26.0 Å². The third-order valence-electron chi connectivity index (χ3n) is 3.38. The largest absolute Gasteiger partial charge is 0.383 e. The molecule has 6 heteroatoms. The quantitative estimate of drug-likeness (QED) is 0.758. The van der Waals surface area contributed by atoms with Crippen molar-refractivity contribution in [3.8, 4) is 0 Å². The highest BCUT2D eigenvalue weighted by molar-refractivity contribution is 7.89. The van der Waals surface area contributed by atoms with Gasteiger partial charge in [-0.15, -0.1) is 0 Å². The zero-order chi connectivity index (χ0) is 15.9. The van der Waals surface area contributed by atoms with E-state index < -0.39 is 10.0 Å². The molecular formula is C15H27N3O2S. The van der Waals surface area contributed by atoms with E-state index in [9.17, 15) is 8.42 Å². The fourth-order valence-corrected chi connectivity index (χ4v) is 3.19. The van der Waals surface area contributed by atoms with Crippen molar-refractivity contribution in [3.05, 3.63) is 24.3 Å². The predicted molar refractivity (Wildman–Crippen MR) is 88.2 cm³/mol. The van der Waals surface area contributed by atoms with Crippen LogP contribution in [0, 0.1) is 0 Å². The number of rotatable bonds is 9. The molecule has 0 radical (unpaired) electrons. The lowest BCUT2D eigenvalue weighted by atomic mass is 10.3. The summed E-state index contributed by atoms with van der Waals surface area (Å²) in [6.07, 6.45) is 1.12. The zero-order valence-corrected chi connectivity index (χ0v) is 14.3. The van der Waals surface area contributed by atoms with Crippen LogP contribution in [0.2, 0.25) is 0 Å². The summed E-state index contributed by atoms with van der Waals surface area (Å²) in [5, 5.41) is 3.25. The number of likely N-dealkylation sites (N-methyl/N-ethyl adjacent to an activating group) is 1. The number of anilines is 1. The second kappa shape index (κ2) is 8.36. The van der Waals surface area contributed by atoms with E-state index in [2.05, 4.69) is 24.1 Å². The topological polar surface area (TPSA) is 52.7 Å². The number of hydrogen-bond donors (Lipinski definition) is 1. The van der Waals surface area contributed by atoms with Crippen molar-refractivity contribution < 1.29 is 8.42 Å². The van der Waals surface area contributed by atoms with E-state index in [1.807, 2.05) is 12.1 Å². The average molecular weight is 313 g/mol. The fourth-order valence-electron chi connectivity index (χ4n) is 2.13. The van der Waals surface area contributed by atoms with Crippen LogP contribution in [-0.4, -0.2) is 57.9 Å². The SMILES string of the molecule is CCCN(CC)CCNc1ccccc1S(=O)(=O)N(C)C. The summed E-state index contributed by atoms with van der Waals surface area (Å²) >= 11 is 0. The molecule has 1 aromatic carbocycles. The van der Waals surface area contributed by atoms with Crippen LogP contribution in [0.25, 0.3) is 0 Å². The Kier molecular flexibility index (Phi) is 7.14. The summed E-state index contributed by atoms with van der Waals surface area (Å²) < 4.78 is 25.8. The van der Waals surface area contributed by atoms with Crippen LogP contribution in [0.15, 0.2) is 29.2 Å². The molecule has 0 spiro atoms. The molecule has 0 aliphatic heterocycles. The first-order valence-corrected chi connectivity index (χ1v) is 8.85. The monoisotopic (exact) mass is 313 g/mol. The van der Waals surface area contributed by atoms with Gasteiger partial charge in [0, 0.05) is 27.2 Å². The Morgan fingerprint density at radius 3 is 2.33 bits per heavy atom. The molecular weight excluding hydrogens is 286 g/mol. The molecule has 0 aromatic heterocycles. The van der Waals surface area contributed by atoms with Crippen LogP contribution in [0.3, 0.4) is 0 Å². The molecule has 0 fully saturated rings. The van der Waals surface area contributed by atoms with Crippen molar-refractivity contribution in [2.24, 2.45) is 0 Å². The molecule has 0 saturated carbocycles. The van der Waals surface area contributed by atoms with Crippen molar-refractivity contribution in [2.45, 2.75) is 25.2 Å². The Labute approximate surface area is 129 Å². The van der Waals surface area contributed by atoms with Gasteiger partial charge in [0.25, 0.3) is 0 Å². The van der Waals surface area contributed by atoms with Crippen LogP contribution >= 0.6 is 0 Å². The lowest BCUT2D eigenvalue weighted by Crippen LogP contribution is -2.30. The smallest absolute Gasteiger partial charge is 0.244 e. The minimum atomic E-state index is -3.42. The molecule has 5 nitrogen and oxygen atoms in total. The highest BCUT2D eigenvalue weighted by Gasteiger charge is 2.20. The lowest BCUT2D eigenvalue weighted by Gasteiger charge is -2.21. The van der Waals surface area contributed by atoms with Crippen LogP contribution in [0.4, 0.5) is 5.69 Å². The van der Waals surface area contributed by atoms with Crippen LogP contribution in [-0.2, 0) is 10.0 Å². The van der Waals surface area contributed by atoms with Gasteiger partial charge in [-0.05, 0) is 31.6 Å². The molecule has 1 aromatic rings. The highest BCUT2D eigenvalue weighted by atomic mass is 32.2. The van der Waals surface area contributed by atoms with E-state index in [1.165, 1.54) is 4.31 Å². The summed E-state index contributed by atoms with van der Waals surface area (Å²) in [5.41, 5.74) is 0.666. The van der Waals surface area contributed by atoms with Crippen molar-refractivity contribution in [1.82, 2.24) is 9.21 Å². The molecule has 0 saturated heterocycles. The summed E-state index contributed by atoms with van der Waals surface area (Å²) in [6, 6.07) is 7.05. The number of sulfonamides is 1. The lowest BCUT2D eigenvalue weighted by molar-refractivity contribution is 0.300. The highest BCUT2D eigenvalue weighted by Crippen LogP contribution is 2.22. The molecule has 0 bridgehead atoms. The Hall–Kier alpha value is -1.11. The van der Waals surface area contributed by atoms with Crippen LogP contribution < -0.4 is 5.32 Å². The van der Waals surface area contributed by atoms with E-state index in [1.54, 1.807) is 26.2 Å². The molecule has 0 aliphatic carbocycles. The van der Waals surface area contributed by atoms with Gasteiger partial charge >= 0.3 is 0 Å². The Morgan fingerprint density at radius 2 is 1.76 bits per heavy atom. The van der Waals surface area contributed by atoms with Crippen molar-refractivity contribution >= 4 is 15.7 Å². The average Bonchev–Trinajstić information content (AvgIpc) is 2.46. The molecule has 1 rings (SSSR count). The number of nitrogens with zero attached hydrogens (tertiary/aromatic N) is 2. The van der Waals surface area contributed by atoms with Crippen LogP contribution in [0.1, 0.15) is 20.3 Å². The maximum Gasteiger partial charge on any atom is 0.244 e. The molecule has 0 unspecified atom stereocenters. The standard InChI is InChI=1S/C15H27N3O2S/c1-5-12-18(6-2)13-11-16-14-9-7-8-10-15(14)21(19,20)17(3)4/h7-10,16H,5-6,11-13H2,1-4H3. The Bertz CT molecular complexity index is 529. The Morgan fingerprint density at radius 1 is 1.10 bits per heavy atom. The molecule has 0 amide bonds. The van der Waals surface area contributed by atoms with E-state index in [4.69, 9.17) is 0 Å². The number of benzene rings is 1. The summed E-state index contributed by atoms with van der Waals surface area (Å²) in [6.45, 7) is 8.01. The molecule has 0 heterocycles. The number of hydrogen-bond acceptors (Lipinski definition) is 4. The van der Waals surface area contributed by atoms with E-state index >= 15 is 0 Å². The molecule has 120 valence electrons. The second-order valence-corrected chi connectivity index (χ2v) is 7.26. The maximum absolute atomic E-state index is 12.3. The van der Waals surface area contributed by atoms with E-state index in [0.29, 0.717) is 10.6 Å². The van der Waals surface area contributed by atoms with Gasteiger partial charge in [-0.25, -0.2) is 12.7 Å². The molecule has 0 atom stereocenters. The number of nitrogens with one attached hydrogen (secondary N) is 1. The first-order valence-electron chi connectivity index (χ1n) is 7.41. The van der Waals surface area contributed by atoms with Gasteiger partial charge in [0.05, 0.1) is 5.69 Å².